The van der Waals surface area contributed by atoms with Crippen molar-refractivity contribution in [1.82, 2.24) is 15.2 Å². The van der Waals surface area contributed by atoms with E-state index in [1.54, 1.807) is 0 Å². The largest absolute Gasteiger partial charge is 0.311 e. The van der Waals surface area contributed by atoms with Gasteiger partial charge in [0, 0.05) is 36.2 Å². The maximum Gasteiger partial charge on any atom is 0.107 e. The van der Waals surface area contributed by atoms with E-state index < -0.39 is 0 Å². The molecule has 2 heterocycles. The molecule has 2 unspecified atom stereocenters. The van der Waals surface area contributed by atoms with Crippen molar-refractivity contribution < 1.29 is 0 Å². The molecule has 1 aliphatic heterocycles. The van der Waals surface area contributed by atoms with Gasteiger partial charge in [-0.1, -0.05) is 34.6 Å². The van der Waals surface area contributed by atoms with E-state index in [2.05, 4.69) is 56.0 Å². The van der Waals surface area contributed by atoms with Crippen molar-refractivity contribution in [2.75, 3.05) is 13.1 Å². The molecule has 3 nitrogen and oxygen atoms in total. The molecule has 0 aliphatic carbocycles. The Morgan fingerprint density at radius 1 is 1.38 bits per heavy atom. The third kappa shape index (κ3) is 4.76. The quantitative estimate of drug-likeness (QED) is 0.871. The molecule has 120 valence electrons. The minimum Gasteiger partial charge on any atom is -0.311 e. The van der Waals surface area contributed by atoms with E-state index in [0.717, 1.165) is 32.0 Å². The molecule has 1 fully saturated rings. The number of aryl methyl sites for hydroxylation is 1. The van der Waals surface area contributed by atoms with Crippen LogP contribution in [0.4, 0.5) is 0 Å². The van der Waals surface area contributed by atoms with Crippen LogP contribution in [0.1, 0.15) is 50.9 Å². The smallest absolute Gasteiger partial charge is 0.107 e. The van der Waals surface area contributed by atoms with Crippen LogP contribution in [0, 0.1) is 11.8 Å². The molecule has 0 aromatic carbocycles. The summed E-state index contributed by atoms with van der Waals surface area (Å²) in [6.07, 6.45) is 4.42. The van der Waals surface area contributed by atoms with Crippen molar-refractivity contribution in [3.63, 3.8) is 0 Å². The first-order valence-electron chi connectivity index (χ1n) is 8.40. The zero-order valence-corrected chi connectivity index (χ0v) is 15.0. The van der Waals surface area contributed by atoms with E-state index in [1.165, 1.54) is 16.3 Å². The van der Waals surface area contributed by atoms with Crippen molar-refractivity contribution in [3.8, 4) is 0 Å². The fraction of sp³-hybridized carbons (Fsp3) is 0.824. The molecule has 1 aliphatic rings. The zero-order chi connectivity index (χ0) is 15.4. The van der Waals surface area contributed by atoms with Gasteiger partial charge >= 0.3 is 0 Å². The van der Waals surface area contributed by atoms with Crippen LogP contribution < -0.4 is 5.32 Å². The lowest BCUT2D eigenvalue weighted by molar-refractivity contribution is 0.0851. The van der Waals surface area contributed by atoms with Gasteiger partial charge in [0.2, 0.25) is 0 Å². The van der Waals surface area contributed by atoms with Gasteiger partial charge < -0.3 is 5.32 Å². The molecule has 4 heteroatoms. The van der Waals surface area contributed by atoms with Gasteiger partial charge in [0.15, 0.2) is 0 Å². The fourth-order valence-corrected chi connectivity index (χ4v) is 4.11. The molecule has 1 aromatic heterocycles. The second kappa shape index (κ2) is 7.70. The highest BCUT2D eigenvalue weighted by molar-refractivity contribution is 7.11. The SMILES string of the molecule is CCc1cnc(CN2CC(CC(C)C)NCC2C(C)C)s1. The van der Waals surface area contributed by atoms with E-state index in [9.17, 15) is 0 Å². The predicted molar refractivity (Wildman–Crippen MR) is 91.8 cm³/mol. The molecular weight excluding hydrogens is 278 g/mol. The summed E-state index contributed by atoms with van der Waals surface area (Å²) in [5, 5.41) is 5.04. The Hall–Kier alpha value is -0.450. The molecule has 0 amide bonds. The second-order valence-electron chi connectivity index (χ2n) is 7.05. The van der Waals surface area contributed by atoms with Crippen LogP contribution in [0.25, 0.3) is 0 Å². The summed E-state index contributed by atoms with van der Waals surface area (Å²) in [5.41, 5.74) is 0. The Kier molecular flexibility index (Phi) is 6.20. The van der Waals surface area contributed by atoms with Crippen LogP contribution in [0.3, 0.4) is 0 Å². The zero-order valence-electron chi connectivity index (χ0n) is 14.2. The topological polar surface area (TPSA) is 28.2 Å². The minimum absolute atomic E-state index is 0.627. The fourth-order valence-electron chi connectivity index (χ4n) is 3.22. The lowest BCUT2D eigenvalue weighted by Crippen LogP contribution is -2.58. The standard InChI is InChI=1S/C17H31N3S/c1-6-15-8-19-17(21-15)11-20-10-14(7-12(2)3)18-9-16(20)13(4)5/h8,12-14,16,18H,6-7,9-11H2,1-5H3. The molecule has 21 heavy (non-hydrogen) atoms. The summed E-state index contributed by atoms with van der Waals surface area (Å²) in [5.74, 6) is 1.44. The highest BCUT2D eigenvalue weighted by Gasteiger charge is 2.30. The molecule has 0 spiro atoms. The summed E-state index contributed by atoms with van der Waals surface area (Å²) >= 11 is 1.88. The van der Waals surface area contributed by atoms with E-state index in [0.29, 0.717) is 18.0 Å². The second-order valence-corrected chi connectivity index (χ2v) is 8.25. The maximum absolute atomic E-state index is 4.62. The average Bonchev–Trinajstić information content (AvgIpc) is 2.85. The number of nitrogens with one attached hydrogen (secondary N) is 1. The predicted octanol–water partition coefficient (Wildman–Crippen LogP) is 3.55. The number of aromatic nitrogens is 1. The van der Waals surface area contributed by atoms with Crippen LogP contribution in [0.5, 0.6) is 0 Å². The van der Waals surface area contributed by atoms with Crippen LogP contribution in [0.2, 0.25) is 0 Å². The third-order valence-electron chi connectivity index (χ3n) is 4.35. The third-order valence-corrected chi connectivity index (χ3v) is 5.48. The molecule has 0 saturated carbocycles. The Morgan fingerprint density at radius 3 is 2.71 bits per heavy atom. The van der Waals surface area contributed by atoms with Gasteiger partial charge in [0.25, 0.3) is 0 Å². The van der Waals surface area contributed by atoms with Crippen LogP contribution >= 0.6 is 11.3 Å². The van der Waals surface area contributed by atoms with E-state index >= 15 is 0 Å². The minimum atomic E-state index is 0.627. The first-order valence-corrected chi connectivity index (χ1v) is 9.22. The van der Waals surface area contributed by atoms with Crippen molar-refractivity contribution in [2.45, 2.75) is 66.1 Å². The summed E-state index contributed by atoms with van der Waals surface area (Å²) in [4.78, 5) is 8.68. The number of hydrogen-bond acceptors (Lipinski definition) is 4. The first kappa shape index (κ1) is 16.9. The molecule has 1 saturated heterocycles. The maximum atomic E-state index is 4.62. The molecular formula is C17H31N3S. The molecule has 0 radical (unpaired) electrons. The Bertz CT molecular complexity index is 427. The molecule has 2 rings (SSSR count). The van der Waals surface area contributed by atoms with Crippen molar-refractivity contribution in [1.29, 1.82) is 0 Å². The molecule has 1 aromatic rings. The van der Waals surface area contributed by atoms with E-state index in [-0.39, 0.29) is 0 Å². The first-order chi connectivity index (χ1) is 9.99. The number of rotatable bonds is 6. The average molecular weight is 310 g/mol. The summed E-state index contributed by atoms with van der Waals surface area (Å²) in [7, 11) is 0. The number of hydrogen-bond donors (Lipinski definition) is 1. The van der Waals surface area contributed by atoms with Gasteiger partial charge in [0.05, 0.1) is 6.54 Å². The van der Waals surface area contributed by atoms with Gasteiger partial charge in [-0.15, -0.1) is 11.3 Å². The van der Waals surface area contributed by atoms with Gasteiger partial charge in [-0.3, -0.25) is 4.90 Å². The number of nitrogens with zero attached hydrogens (tertiary/aromatic N) is 2. The number of piperazine rings is 1. The normalized spacial score (nSPS) is 24.1. The van der Waals surface area contributed by atoms with Crippen LogP contribution in [-0.4, -0.2) is 35.1 Å². The summed E-state index contributed by atoms with van der Waals surface area (Å²) in [6.45, 7) is 14.8. The summed E-state index contributed by atoms with van der Waals surface area (Å²) in [6, 6.07) is 1.26. The van der Waals surface area contributed by atoms with E-state index in [1.807, 2.05) is 11.3 Å². The Balaban J connectivity index is 2.02. The van der Waals surface area contributed by atoms with Gasteiger partial charge in [-0.05, 0) is 24.7 Å². The molecule has 1 N–H and O–H groups in total. The van der Waals surface area contributed by atoms with Crippen molar-refractivity contribution in [3.05, 3.63) is 16.1 Å². The van der Waals surface area contributed by atoms with Gasteiger partial charge in [-0.25, -0.2) is 4.98 Å². The van der Waals surface area contributed by atoms with Crippen molar-refractivity contribution >= 4 is 11.3 Å². The van der Waals surface area contributed by atoms with E-state index in [4.69, 9.17) is 0 Å². The van der Waals surface area contributed by atoms with Crippen molar-refractivity contribution in [2.24, 2.45) is 11.8 Å². The van der Waals surface area contributed by atoms with Gasteiger partial charge in [-0.2, -0.15) is 0 Å². The highest BCUT2D eigenvalue weighted by atomic mass is 32.1. The van der Waals surface area contributed by atoms with Crippen LogP contribution in [0.15, 0.2) is 6.20 Å². The monoisotopic (exact) mass is 309 g/mol. The number of thiazole rings is 1. The van der Waals surface area contributed by atoms with Gasteiger partial charge in [0.1, 0.15) is 5.01 Å². The van der Waals surface area contributed by atoms with Crippen LogP contribution in [-0.2, 0) is 13.0 Å². The Labute approximate surface area is 134 Å². The summed E-state index contributed by atoms with van der Waals surface area (Å²) < 4.78 is 0. The lowest BCUT2D eigenvalue weighted by Gasteiger charge is -2.42. The molecule has 0 bridgehead atoms. The molecule has 2 atom stereocenters. The highest BCUT2D eigenvalue weighted by Crippen LogP contribution is 2.23. The Morgan fingerprint density at radius 2 is 2.14 bits per heavy atom. The lowest BCUT2D eigenvalue weighted by atomic mass is 9.95.